The number of pyridine rings is 2. The van der Waals surface area contributed by atoms with E-state index in [1.54, 1.807) is 36.0 Å². The number of fused-ring (bicyclic) bond motifs is 2. The highest BCUT2D eigenvalue weighted by Gasteiger charge is 2.18. The van der Waals surface area contributed by atoms with Gasteiger partial charge in [-0.15, -0.1) is 0 Å². The smallest absolute Gasteiger partial charge is 0.160 e. The van der Waals surface area contributed by atoms with Gasteiger partial charge < -0.3 is 10.3 Å². The van der Waals surface area contributed by atoms with Crippen molar-refractivity contribution < 1.29 is 4.39 Å². The maximum atomic E-state index is 15.1. The van der Waals surface area contributed by atoms with Crippen molar-refractivity contribution in [1.82, 2.24) is 35.5 Å². The van der Waals surface area contributed by atoms with E-state index in [1.165, 1.54) is 6.07 Å². The molecule has 0 atom stereocenters. The number of nitrogens with one attached hydrogen (secondary N) is 3. The summed E-state index contributed by atoms with van der Waals surface area (Å²) >= 11 is 1.64. The molecule has 5 aromatic heterocycles. The Labute approximate surface area is 198 Å². The maximum absolute atomic E-state index is 15.1. The summed E-state index contributed by atoms with van der Waals surface area (Å²) in [5.74, 6) is 0.240. The van der Waals surface area contributed by atoms with Crippen LogP contribution in [0.15, 0.2) is 59.7 Å². The van der Waals surface area contributed by atoms with E-state index in [2.05, 4.69) is 41.9 Å². The molecular weight excluding hydrogens is 449 g/mol. The second kappa shape index (κ2) is 8.44. The molecule has 0 aliphatic heterocycles. The minimum Gasteiger partial charge on any atom is -0.321 e. The van der Waals surface area contributed by atoms with Crippen molar-refractivity contribution in [2.45, 2.75) is 13.5 Å². The lowest BCUT2D eigenvalue weighted by atomic mass is 10.0. The normalized spacial score (nSPS) is 11.6. The number of thiophene rings is 1. The van der Waals surface area contributed by atoms with E-state index in [9.17, 15) is 0 Å². The van der Waals surface area contributed by atoms with Gasteiger partial charge in [-0.2, -0.15) is 16.4 Å². The number of imidazole rings is 1. The Bertz CT molecular complexity index is 1620. The highest BCUT2D eigenvalue weighted by Crippen LogP contribution is 2.34. The minimum absolute atomic E-state index is 0.337. The van der Waals surface area contributed by atoms with Crippen molar-refractivity contribution in [2.75, 3.05) is 6.54 Å². The van der Waals surface area contributed by atoms with Crippen LogP contribution in [0.3, 0.4) is 0 Å². The fraction of sp³-hybridized carbons (Fsp3) is 0.120. The molecule has 0 unspecified atom stereocenters. The second-order valence-corrected chi connectivity index (χ2v) is 8.75. The second-order valence-electron chi connectivity index (χ2n) is 7.97. The molecule has 3 N–H and O–H groups in total. The summed E-state index contributed by atoms with van der Waals surface area (Å²) in [5.41, 5.74) is 6.94. The first-order valence-electron chi connectivity index (χ1n) is 10.9. The third-order valence-electron chi connectivity index (χ3n) is 5.78. The van der Waals surface area contributed by atoms with Crippen LogP contribution in [0.4, 0.5) is 4.39 Å². The van der Waals surface area contributed by atoms with Gasteiger partial charge in [0.25, 0.3) is 0 Å². The predicted octanol–water partition coefficient (Wildman–Crippen LogP) is 5.54. The quantitative estimate of drug-likeness (QED) is 0.298. The summed E-state index contributed by atoms with van der Waals surface area (Å²) < 4.78 is 15.1. The van der Waals surface area contributed by atoms with Crippen LogP contribution in [0.25, 0.3) is 55.8 Å². The highest BCUT2D eigenvalue weighted by molar-refractivity contribution is 7.08. The number of aromatic amines is 2. The third-order valence-corrected chi connectivity index (χ3v) is 6.46. The van der Waals surface area contributed by atoms with Crippen LogP contribution in [0.2, 0.25) is 0 Å². The molecule has 7 nitrogen and oxygen atoms in total. The first-order chi connectivity index (χ1) is 16.7. The molecule has 0 radical (unpaired) electrons. The zero-order valence-corrected chi connectivity index (χ0v) is 19.1. The number of H-pyrrole nitrogens is 2. The van der Waals surface area contributed by atoms with Gasteiger partial charge in [0.2, 0.25) is 0 Å². The largest absolute Gasteiger partial charge is 0.321 e. The molecule has 6 rings (SSSR count). The predicted molar refractivity (Wildman–Crippen MR) is 133 cm³/mol. The Morgan fingerprint density at radius 2 is 2.03 bits per heavy atom. The van der Waals surface area contributed by atoms with Crippen LogP contribution in [0.1, 0.15) is 12.5 Å². The maximum Gasteiger partial charge on any atom is 0.160 e. The number of hydrogen-bond donors (Lipinski definition) is 3. The Morgan fingerprint density at radius 1 is 1.09 bits per heavy atom. The molecule has 0 amide bonds. The Balaban J connectivity index is 1.47. The van der Waals surface area contributed by atoms with Crippen molar-refractivity contribution >= 4 is 33.4 Å². The first kappa shape index (κ1) is 20.6. The summed E-state index contributed by atoms with van der Waals surface area (Å²) in [7, 11) is 0. The number of aromatic nitrogens is 6. The molecule has 1 aromatic carbocycles. The molecule has 0 saturated heterocycles. The average molecular weight is 470 g/mol. The molecule has 0 aliphatic rings. The van der Waals surface area contributed by atoms with E-state index in [0.717, 1.165) is 34.1 Å². The summed E-state index contributed by atoms with van der Waals surface area (Å²) in [6.07, 6.45) is 5.23. The lowest BCUT2D eigenvalue weighted by Gasteiger charge is -2.07. The SMILES string of the molecule is CCNCc1cncc(-c2cc3c(-c4nc5c(-c6ccsc6)ccnc5[nH]4)n[nH]c3cc2F)c1. The monoisotopic (exact) mass is 469 g/mol. The number of rotatable bonds is 6. The summed E-state index contributed by atoms with van der Waals surface area (Å²) in [6.45, 7) is 3.57. The fourth-order valence-corrected chi connectivity index (χ4v) is 4.77. The van der Waals surface area contributed by atoms with Crippen molar-refractivity contribution in [2.24, 2.45) is 0 Å². The number of halogens is 1. The van der Waals surface area contributed by atoms with E-state index in [0.29, 0.717) is 40.4 Å². The van der Waals surface area contributed by atoms with Crippen molar-refractivity contribution in [3.63, 3.8) is 0 Å². The van der Waals surface area contributed by atoms with Crippen molar-refractivity contribution in [3.05, 3.63) is 71.1 Å². The first-order valence-corrected chi connectivity index (χ1v) is 11.9. The Kier molecular flexibility index (Phi) is 5.12. The standard InChI is InChI=1S/C25H20FN7S/c1-2-27-10-14-7-16(12-28-11-14)18-8-19-21(9-20(18)26)32-33-23(19)25-30-22-17(15-4-6-34-13-15)3-5-29-24(22)31-25/h3-9,11-13,27H,2,10H2,1H3,(H,32,33)(H,29,30,31). The fourth-order valence-electron chi connectivity index (χ4n) is 4.11. The average Bonchev–Trinajstić information content (AvgIpc) is 3.61. The number of nitrogens with zero attached hydrogens (tertiary/aromatic N) is 4. The van der Waals surface area contributed by atoms with Gasteiger partial charge in [0, 0.05) is 53.3 Å². The Morgan fingerprint density at radius 3 is 2.88 bits per heavy atom. The van der Waals surface area contributed by atoms with Crippen LogP contribution in [0, 0.1) is 5.82 Å². The molecule has 5 heterocycles. The van der Waals surface area contributed by atoms with Gasteiger partial charge in [-0.25, -0.2) is 14.4 Å². The number of benzene rings is 1. The van der Waals surface area contributed by atoms with E-state index < -0.39 is 0 Å². The minimum atomic E-state index is -0.337. The third kappa shape index (κ3) is 3.55. The molecule has 0 bridgehead atoms. The van der Waals surface area contributed by atoms with Crippen LogP contribution in [-0.4, -0.2) is 36.7 Å². The van der Waals surface area contributed by atoms with Gasteiger partial charge in [0.15, 0.2) is 11.5 Å². The van der Waals surface area contributed by atoms with Crippen LogP contribution < -0.4 is 5.32 Å². The topological polar surface area (TPSA) is 95.2 Å². The van der Waals surface area contributed by atoms with Crippen LogP contribution >= 0.6 is 11.3 Å². The van der Waals surface area contributed by atoms with E-state index in [-0.39, 0.29) is 5.82 Å². The summed E-state index contributed by atoms with van der Waals surface area (Å²) in [5, 5.41) is 15.6. The van der Waals surface area contributed by atoms with E-state index in [1.807, 2.05) is 24.4 Å². The molecule has 0 saturated carbocycles. The van der Waals surface area contributed by atoms with Crippen molar-refractivity contribution in [1.29, 1.82) is 0 Å². The van der Waals surface area contributed by atoms with Gasteiger partial charge in [-0.1, -0.05) is 6.92 Å². The van der Waals surface area contributed by atoms with Crippen LogP contribution in [-0.2, 0) is 6.54 Å². The molecule has 9 heteroatoms. The molecule has 0 aliphatic carbocycles. The van der Waals surface area contributed by atoms with Gasteiger partial charge in [-0.05, 0) is 52.7 Å². The van der Waals surface area contributed by atoms with Gasteiger partial charge in [0.1, 0.15) is 17.0 Å². The summed E-state index contributed by atoms with van der Waals surface area (Å²) in [4.78, 5) is 16.9. The molecular formula is C25H20FN7S. The van der Waals surface area contributed by atoms with E-state index in [4.69, 9.17) is 4.98 Å². The van der Waals surface area contributed by atoms with Gasteiger partial charge >= 0.3 is 0 Å². The van der Waals surface area contributed by atoms with Gasteiger partial charge in [-0.3, -0.25) is 10.1 Å². The molecule has 6 aromatic rings. The van der Waals surface area contributed by atoms with Gasteiger partial charge in [0.05, 0.1) is 5.52 Å². The molecule has 0 fully saturated rings. The molecule has 168 valence electrons. The molecule has 0 spiro atoms. The lowest BCUT2D eigenvalue weighted by Crippen LogP contribution is -2.11. The zero-order valence-electron chi connectivity index (χ0n) is 18.3. The van der Waals surface area contributed by atoms with E-state index >= 15 is 4.39 Å². The van der Waals surface area contributed by atoms with Crippen molar-refractivity contribution in [3.8, 4) is 33.8 Å². The molecule has 34 heavy (non-hydrogen) atoms. The summed E-state index contributed by atoms with van der Waals surface area (Å²) in [6, 6.07) is 9.25. The Hall–Kier alpha value is -3.95. The lowest BCUT2D eigenvalue weighted by molar-refractivity contribution is 0.632. The number of hydrogen-bond acceptors (Lipinski definition) is 6. The van der Waals surface area contributed by atoms with Crippen LogP contribution in [0.5, 0.6) is 0 Å². The zero-order chi connectivity index (χ0) is 23.1. The highest BCUT2D eigenvalue weighted by atomic mass is 32.1.